The molecule has 1 aromatic carbocycles. The number of nitrogens with one attached hydrogen (secondary N) is 4. The highest BCUT2D eigenvalue weighted by Gasteiger charge is 2.39. The second kappa shape index (κ2) is 20.8. The van der Waals surface area contributed by atoms with Gasteiger partial charge in [-0.25, -0.2) is 0 Å². The van der Waals surface area contributed by atoms with Gasteiger partial charge in [0.15, 0.2) is 0 Å². The van der Waals surface area contributed by atoms with Crippen molar-refractivity contribution in [2.45, 2.75) is 124 Å². The van der Waals surface area contributed by atoms with Crippen LogP contribution in [0.2, 0.25) is 0 Å². The molecule has 1 aliphatic rings. The predicted octanol–water partition coefficient (Wildman–Crippen LogP) is 4.83. The third-order valence-electron chi connectivity index (χ3n) is 9.19. The molecule has 0 bridgehead atoms. The highest BCUT2D eigenvalue weighted by molar-refractivity contribution is 6.08. The Morgan fingerprint density at radius 3 is 1.93 bits per heavy atom. The molecule has 4 N–H and O–H groups in total. The molecule has 0 radical (unpaired) electrons. The van der Waals surface area contributed by atoms with E-state index < -0.39 is 89.7 Å². The van der Waals surface area contributed by atoms with Crippen LogP contribution < -0.4 is 21.3 Å². The molecule has 55 heavy (non-hydrogen) atoms. The molecular weight excluding hydrogens is 719 g/mol. The van der Waals surface area contributed by atoms with Gasteiger partial charge in [-0.15, -0.1) is 0 Å². The maximum absolute atomic E-state index is 13.8. The summed E-state index contributed by atoms with van der Waals surface area (Å²) in [5, 5.41) is 10.9. The lowest BCUT2D eigenvalue weighted by molar-refractivity contribution is -0.141. The van der Waals surface area contributed by atoms with Crippen LogP contribution in [0.15, 0.2) is 48.3 Å². The minimum absolute atomic E-state index is 0.0277. The van der Waals surface area contributed by atoms with Crippen LogP contribution in [0.1, 0.15) is 92.7 Å². The summed E-state index contributed by atoms with van der Waals surface area (Å²) >= 11 is 0. The van der Waals surface area contributed by atoms with Crippen molar-refractivity contribution in [2.75, 3.05) is 7.11 Å². The highest BCUT2D eigenvalue weighted by atomic mass is 19.4. The summed E-state index contributed by atoms with van der Waals surface area (Å²) in [5.74, 6) is -3.74. The molecule has 15 heteroatoms. The van der Waals surface area contributed by atoms with Gasteiger partial charge in [-0.1, -0.05) is 86.1 Å². The molecule has 0 unspecified atom stereocenters. The molecule has 1 heterocycles. The lowest BCUT2D eigenvalue weighted by Gasteiger charge is -2.29. The van der Waals surface area contributed by atoms with Gasteiger partial charge in [-0.2, -0.15) is 13.2 Å². The van der Waals surface area contributed by atoms with Gasteiger partial charge in [0.1, 0.15) is 23.9 Å². The summed E-state index contributed by atoms with van der Waals surface area (Å²) in [6.07, 6.45) is -0.121. The second-order valence-corrected chi connectivity index (χ2v) is 15.3. The van der Waals surface area contributed by atoms with E-state index in [-0.39, 0.29) is 36.2 Å². The Morgan fingerprint density at radius 1 is 0.855 bits per heavy atom. The fraction of sp³-hybridized carbons (Fsp3) is 0.600. The summed E-state index contributed by atoms with van der Waals surface area (Å²) in [5.41, 5.74) is -0.769. The fourth-order valence-electron chi connectivity index (χ4n) is 6.18. The molecule has 0 saturated carbocycles. The smallest absolute Gasteiger partial charge is 0.416 e. The minimum atomic E-state index is -4.58. The summed E-state index contributed by atoms with van der Waals surface area (Å²) in [4.78, 5) is 80.7. The Kier molecular flexibility index (Phi) is 17.6. The summed E-state index contributed by atoms with van der Waals surface area (Å²) in [7, 11) is 1.43. The van der Waals surface area contributed by atoms with E-state index in [1.807, 2.05) is 48.5 Å². The number of rotatable bonds is 19. The number of halogens is 3. The Bertz CT molecular complexity index is 1590. The maximum Gasteiger partial charge on any atom is 0.416 e. The zero-order chi connectivity index (χ0) is 41.8. The topological polar surface area (TPSA) is 163 Å². The Morgan fingerprint density at radius 2 is 1.42 bits per heavy atom. The highest BCUT2D eigenvalue weighted by Crippen LogP contribution is 2.30. The summed E-state index contributed by atoms with van der Waals surface area (Å²) < 4.78 is 45.0. The van der Waals surface area contributed by atoms with Crippen LogP contribution in [0.5, 0.6) is 0 Å². The van der Waals surface area contributed by atoms with Gasteiger partial charge < -0.3 is 26.0 Å². The number of imide groups is 1. The summed E-state index contributed by atoms with van der Waals surface area (Å²) in [6.45, 7) is 16.4. The molecule has 0 spiro atoms. The predicted molar refractivity (Wildman–Crippen MR) is 202 cm³/mol. The first-order valence-electron chi connectivity index (χ1n) is 18.8. The number of ether oxygens (including phenoxy) is 1. The SMILES string of the molecule is CC[C@H](C)[C@H](NC(=O)Cc1cccc(C(F)(F)F)c1)C(=O)N[C@@H](CC(C)C)C(=O)N[C@@H](CC(C)C)C(=O)N[C@@H](C)/C=C/C(=O)N1C(=O)C=C(OC)[C@@H]1C(C)C. The average Bonchev–Trinajstić information content (AvgIpc) is 3.44. The van der Waals surface area contributed by atoms with Gasteiger partial charge >= 0.3 is 6.18 Å². The van der Waals surface area contributed by atoms with Crippen molar-refractivity contribution in [3.8, 4) is 0 Å². The maximum atomic E-state index is 13.8. The normalized spacial score (nSPS) is 17.5. The van der Waals surface area contributed by atoms with E-state index in [2.05, 4.69) is 21.3 Å². The first kappa shape index (κ1) is 46.5. The van der Waals surface area contributed by atoms with Gasteiger partial charge in [0.25, 0.3) is 11.8 Å². The third-order valence-corrected chi connectivity index (χ3v) is 9.19. The minimum Gasteiger partial charge on any atom is -0.499 e. The number of hydrogen-bond acceptors (Lipinski definition) is 7. The van der Waals surface area contributed by atoms with Crippen LogP contribution in [0.4, 0.5) is 13.2 Å². The van der Waals surface area contributed by atoms with Crippen molar-refractivity contribution in [3.05, 3.63) is 59.4 Å². The standard InChI is InChI=1S/C40H58F3N5O7/c1-11-25(8)35(47-32(49)20-27-13-12-14-28(19-27)40(41,42)43)39(54)46-30(18-23(4)5)38(53)45-29(17-22(2)3)37(52)44-26(9)15-16-33(50)48-34(51)21-31(55-10)36(48)24(6)7/h12-16,19,21-26,29-30,35-36H,11,17-18,20H2,1-10H3,(H,44,52)(H,45,53)(H,46,54)(H,47,49)/b16-15+/t25-,26-,29-,30-,35-,36-/m0/s1. The Labute approximate surface area is 322 Å². The van der Waals surface area contributed by atoms with E-state index >= 15 is 0 Å². The Balaban J connectivity index is 2.18. The molecular formula is C40H58F3N5O7. The monoisotopic (exact) mass is 777 g/mol. The molecule has 1 aromatic rings. The van der Waals surface area contributed by atoms with Crippen molar-refractivity contribution in [3.63, 3.8) is 0 Å². The quantitative estimate of drug-likeness (QED) is 0.146. The molecule has 0 aliphatic carbocycles. The van der Waals surface area contributed by atoms with Gasteiger partial charge in [0, 0.05) is 18.2 Å². The van der Waals surface area contributed by atoms with Crippen molar-refractivity contribution in [1.82, 2.24) is 26.2 Å². The number of carbonyl (C=O) groups excluding carboxylic acids is 6. The van der Waals surface area contributed by atoms with Crippen LogP contribution in [0.25, 0.3) is 0 Å². The van der Waals surface area contributed by atoms with E-state index in [0.717, 1.165) is 17.0 Å². The van der Waals surface area contributed by atoms with Crippen molar-refractivity contribution in [2.24, 2.45) is 23.7 Å². The molecule has 1 aliphatic heterocycles. The van der Waals surface area contributed by atoms with Crippen LogP contribution >= 0.6 is 0 Å². The number of alkyl halides is 3. The molecule has 0 fully saturated rings. The van der Waals surface area contributed by atoms with E-state index in [4.69, 9.17) is 4.74 Å². The number of hydrogen-bond donors (Lipinski definition) is 4. The van der Waals surface area contributed by atoms with Crippen LogP contribution in [-0.4, -0.2) is 77.7 Å². The zero-order valence-electron chi connectivity index (χ0n) is 33.5. The molecule has 0 aromatic heterocycles. The van der Waals surface area contributed by atoms with E-state index in [1.54, 1.807) is 13.8 Å². The molecule has 12 nitrogen and oxygen atoms in total. The number of nitrogens with zero attached hydrogens (tertiary/aromatic N) is 1. The van der Waals surface area contributed by atoms with E-state index in [0.29, 0.717) is 12.2 Å². The van der Waals surface area contributed by atoms with Crippen molar-refractivity contribution < 1.29 is 46.7 Å². The molecule has 6 amide bonds. The molecule has 0 saturated heterocycles. The van der Waals surface area contributed by atoms with Crippen LogP contribution in [0.3, 0.4) is 0 Å². The number of amides is 6. The first-order valence-corrected chi connectivity index (χ1v) is 18.8. The molecule has 2 rings (SSSR count). The van der Waals surface area contributed by atoms with Gasteiger partial charge in [-0.05, 0) is 55.1 Å². The lowest BCUT2D eigenvalue weighted by Crippen LogP contribution is -2.58. The molecule has 6 atom stereocenters. The average molecular weight is 778 g/mol. The van der Waals surface area contributed by atoms with Crippen LogP contribution in [-0.2, 0) is 46.1 Å². The van der Waals surface area contributed by atoms with E-state index in [1.165, 1.54) is 37.5 Å². The van der Waals surface area contributed by atoms with Gasteiger partial charge in [0.2, 0.25) is 23.6 Å². The number of methoxy groups -OCH3 is 1. The molecule has 306 valence electrons. The van der Waals surface area contributed by atoms with Crippen molar-refractivity contribution in [1.29, 1.82) is 0 Å². The van der Waals surface area contributed by atoms with E-state index in [9.17, 15) is 41.9 Å². The third kappa shape index (κ3) is 14.2. The Hall–Kier alpha value is -4.69. The fourth-order valence-corrected chi connectivity index (χ4v) is 6.18. The van der Waals surface area contributed by atoms with Gasteiger partial charge in [0.05, 0.1) is 25.1 Å². The van der Waals surface area contributed by atoms with Crippen LogP contribution in [0, 0.1) is 23.7 Å². The first-order chi connectivity index (χ1) is 25.6. The second-order valence-electron chi connectivity index (χ2n) is 15.3. The summed E-state index contributed by atoms with van der Waals surface area (Å²) in [6, 6.07) is -0.0402. The van der Waals surface area contributed by atoms with Crippen molar-refractivity contribution >= 4 is 35.4 Å². The van der Waals surface area contributed by atoms with Gasteiger partial charge in [-0.3, -0.25) is 33.7 Å². The lowest BCUT2D eigenvalue weighted by atomic mass is 9.96. The number of carbonyl (C=O) groups is 6. The number of benzene rings is 1. The zero-order valence-corrected chi connectivity index (χ0v) is 33.5. The largest absolute Gasteiger partial charge is 0.499 e.